The van der Waals surface area contributed by atoms with Crippen molar-refractivity contribution in [3.8, 4) is 0 Å². The molecular weight excluding hydrogens is 326 g/mol. The maximum atomic E-state index is 12.9. The Bertz CT molecular complexity index is 715. The number of aryl methyl sites for hydroxylation is 1. The van der Waals surface area contributed by atoms with Gasteiger partial charge in [0.1, 0.15) is 0 Å². The van der Waals surface area contributed by atoms with Crippen molar-refractivity contribution in [1.82, 2.24) is 4.31 Å². The SMILES string of the molecule is Cc1sc(CO)cc1S(=O)(=O)N(Cc1ccsc1)C1CC1. The van der Waals surface area contributed by atoms with E-state index in [0.29, 0.717) is 16.3 Å². The third kappa shape index (κ3) is 3.07. The monoisotopic (exact) mass is 343 g/mol. The van der Waals surface area contributed by atoms with Gasteiger partial charge in [0, 0.05) is 22.3 Å². The Morgan fingerprint density at radius 3 is 2.71 bits per heavy atom. The van der Waals surface area contributed by atoms with Crippen molar-refractivity contribution in [2.24, 2.45) is 0 Å². The van der Waals surface area contributed by atoms with Crippen molar-refractivity contribution in [3.05, 3.63) is 38.2 Å². The molecule has 2 aromatic rings. The first kappa shape index (κ1) is 15.2. The predicted octanol–water partition coefficient (Wildman–Crippen LogP) is 2.96. The van der Waals surface area contributed by atoms with Gasteiger partial charge < -0.3 is 5.11 Å². The van der Waals surface area contributed by atoms with Crippen LogP contribution < -0.4 is 0 Å². The summed E-state index contributed by atoms with van der Waals surface area (Å²) in [5.74, 6) is 0. The number of hydrogen-bond acceptors (Lipinski definition) is 5. The minimum atomic E-state index is -3.50. The van der Waals surface area contributed by atoms with Gasteiger partial charge in [-0.25, -0.2) is 8.42 Å². The number of aliphatic hydroxyl groups is 1. The van der Waals surface area contributed by atoms with E-state index in [4.69, 9.17) is 0 Å². The zero-order valence-electron chi connectivity index (χ0n) is 11.7. The molecule has 0 unspecified atom stereocenters. The van der Waals surface area contributed by atoms with Gasteiger partial charge >= 0.3 is 0 Å². The van der Waals surface area contributed by atoms with Crippen LogP contribution in [0.3, 0.4) is 0 Å². The highest BCUT2D eigenvalue weighted by Crippen LogP contribution is 2.36. The summed E-state index contributed by atoms with van der Waals surface area (Å²) in [6.07, 6.45) is 1.86. The van der Waals surface area contributed by atoms with E-state index >= 15 is 0 Å². The highest BCUT2D eigenvalue weighted by Gasteiger charge is 2.39. The molecule has 1 aliphatic carbocycles. The summed E-state index contributed by atoms with van der Waals surface area (Å²) in [5, 5.41) is 13.2. The molecule has 1 N–H and O–H groups in total. The van der Waals surface area contributed by atoms with E-state index in [9.17, 15) is 13.5 Å². The Kier molecular flexibility index (Phi) is 4.20. The predicted molar refractivity (Wildman–Crippen MR) is 85.0 cm³/mol. The number of rotatable bonds is 6. The number of aliphatic hydroxyl groups excluding tert-OH is 1. The first-order valence-electron chi connectivity index (χ1n) is 6.75. The van der Waals surface area contributed by atoms with Gasteiger partial charge in [0.15, 0.2) is 0 Å². The molecule has 1 saturated carbocycles. The minimum absolute atomic E-state index is 0.116. The van der Waals surface area contributed by atoms with Gasteiger partial charge in [-0.1, -0.05) is 0 Å². The van der Waals surface area contributed by atoms with Gasteiger partial charge in [0.05, 0.1) is 11.5 Å². The second-order valence-corrected chi connectivity index (χ2v) is 9.18. The standard InChI is InChI=1S/C14H17NO3S3/c1-10-14(6-13(8-16)20-10)21(17,18)15(12-2-3-12)7-11-4-5-19-9-11/h4-6,9,12,16H,2-3,7-8H2,1H3. The Labute approximate surface area is 132 Å². The lowest BCUT2D eigenvalue weighted by Gasteiger charge is -2.21. The molecule has 0 aliphatic heterocycles. The van der Waals surface area contributed by atoms with Crippen LogP contribution in [0.4, 0.5) is 0 Å². The number of hydrogen-bond donors (Lipinski definition) is 1. The van der Waals surface area contributed by atoms with E-state index in [1.54, 1.807) is 28.6 Å². The molecule has 0 bridgehead atoms. The van der Waals surface area contributed by atoms with Gasteiger partial charge in [-0.05, 0) is 48.2 Å². The van der Waals surface area contributed by atoms with Gasteiger partial charge in [0.2, 0.25) is 10.0 Å². The summed E-state index contributed by atoms with van der Waals surface area (Å²) in [6, 6.07) is 3.69. The summed E-state index contributed by atoms with van der Waals surface area (Å²) in [5.41, 5.74) is 1.03. The van der Waals surface area contributed by atoms with Gasteiger partial charge in [0.25, 0.3) is 0 Å². The van der Waals surface area contributed by atoms with E-state index in [0.717, 1.165) is 23.3 Å². The molecular formula is C14H17NO3S3. The Hall–Kier alpha value is -0.730. The van der Waals surface area contributed by atoms with E-state index < -0.39 is 10.0 Å². The molecule has 3 rings (SSSR count). The molecule has 1 fully saturated rings. The number of nitrogens with zero attached hydrogens (tertiary/aromatic N) is 1. The molecule has 21 heavy (non-hydrogen) atoms. The fourth-order valence-electron chi connectivity index (χ4n) is 2.32. The lowest BCUT2D eigenvalue weighted by Crippen LogP contribution is -2.32. The Morgan fingerprint density at radius 2 is 2.19 bits per heavy atom. The molecule has 0 atom stereocenters. The van der Waals surface area contributed by atoms with Crippen LogP contribution in [0, 0.1) is 6.92 Å². The lowest BCUT2D eigenvalue weighted by atomic mass is 10.3. The van der Waals surface area contributed by atoms with Crippen LogP contribution in [-0.4, -0.2) is 23.9 Å². The fourth-order valence-corrected chi connectivity index (χ4v) is 6.12. The number of thiophene rings is 2. The lowest BCUT2D eigenvalue weighted by molar-refractivity contribution is 0.285. The normalized spacial score (nSPS) is 15.8. The van der Waals surface area contributed by atoms with E-state index in [2.05, 4.69) is 0 Å². The van der Waals surface area contributed by atoms with E-state index in [-0.39, 0.29) is 12.6 Å². The van der Waals surface area contributed by atoms with E-state index in [1.807, 2.05) is 16.8 Å². The highest BCUT2D eigenvalue weighted by molar-refractivity contribution is 7.89. The summed E-state index contributed by atoms with van der Waals surface area (Å²) in [4.78, 5) is 1.78. The third-order valence-corrected chi connectivity index (χ3v) is 7.46. The van der Waals surface area contributed by atoms with Gasteiger partial charge in [-0.2, -0.15) is 15.6 Å². The van der Waals surface area contributed by atoms with Crippen LogP contribution in [0.25, 0.3) is 0 Å². The molecule has 0 radical (unpaired) electrons. The molecule has 0 amide bonds. The average molecular weight is 343 g/mol. The minimum Gasteiger partial charge on any atom is -0.391 e. The third-order valence-electron chi connectivity index (χ3n) is 3.54. The summed E-state index contributed by atoms with van der Waals surface area (Å²) in [6.45, 7) is 2.11. The smallest absolute Gasteiger partial charge is 0.244 e. The van der Waals surface area contributed by atoms with Gasteiger partial charge in [-0.3, -0.25) is 0 Å². The van der Waals surface area contributed by atoms with Crippen molar-refractivity contribution in [2.75, 3.05) is 0 Å². The Balaban J connectivity index is 1.95. The molecule has 4 nitrogen and oxygen atoms in total. The first-order chi connectivity index (χ1) is 10.0. The summed E-state index contributed by atoms with van der Waals surface area (Å²) < 4.78 is 27.5. The van der Waals surface area contributed by atoms with Crippen LogP contribution >= 0.6 is 22.7 Å². The maximum Gasteiger partial charge on any atom is 0.244 e. The van der Waals surface area contributed by atoms with Crippen molar-refractivity contribution < 1.29 is 13.5 Å². The van der Waals surface area contributed by atoms with Crippen LogP contribution in [0.5, 0.6) is 0 Å². The van der Waals surface area contributed by atoms with Crippen molar-refractivity contribution >= 4 is 32.7 Å². The Morgan fingerprint density at radius 1 is 1.43 bits per heavy atom. The molecule has 2 aromatic heterocycles. The van der Waals surface area contributed by atoms with Crippen molar-refractivity contribution in [2.45, 2.75) is 43.9 Å². The van der Waals surface area contributed by atoms with Crippen LogP contribution in [0.2, 0.25) is 0 Å². The average Bonchev–Trinajstić information content (AvgIpc) is 2.99. The molecule has 0 aromatic carbocycles. The van der Waals surface area contributed by atoms with Gasteiger partial charge in [-0.15, -0.1) is 11.3 Å². The topological polar surface area (TPSA) is 57.6 Å². The summed E-state index contributed by atoms with van der Waals surface area (Å²) in [7, 11) is -3.50. The molecule has 1 aliphatic rings. The molecule has 0 saturated heterocycles. The zero-order chi connectivity index (χ0) is 15.0. The molecule has 7 heteroatoms. The van der Waals surface area contributed by atoms with Crippen LogP contribution in [0.15, 0.2) is 27.8 Å². The fraction of sp³-hybridized carbons (Fsp3) is 0.429. The molecule has 0 spiro atoms. The highest BCUT2D eigenvalue weighted by atomic mass is 32.2. The van der Waals surface area contributed by atoms with E-state index in [1.165, 1.54) is 11.3 Å². The van der Waals surface area contributed by atoms with Crippen LogP contribution in [-0.2, 0) is 23.2 Å². The zero-order valence-corrected chi connectivity index (χ0v) is 14.1. The maximum absolute atomic E-state index is 12.9. The van der Waals surface area contributed by atoms with Crippen molar-refractivity contribution in [1.29, 1.82) is 0 Å². The van der Waals surface area contributed by atoms with Crippen molar-refractivity contribution in [3.63, 3.8) is 0 Å². The largest absolute Gasteiger partial charge is 0.391 e. The molecule has 114 valence electrons. The number of sulfonamides is 1. The summed E-state index contributed by atoms with van der Waals surface area (Å²) >= 11 is 2.92. The second kappa shape index (κ2) is 5.81. The second-order valence-electron chi connectivity index (χ2n) is 5.20. The first-order valence-corrected chi connectivity index (χ1v) is 9.95. The molecule has 2 heterocycles. The quantitative estimate of drug-likeness (QED) is 0.877. The van der Waals surface area contributed by atoms with Crippen LogP contribution in [0.1, 0.15) is 28.2 Å².